The number of hydrogen-bond acceptors (Lipinski definition) is 2. The van der Waals surface area contributed by atoms with Gasteiger partial charge in [-0.1, -0.05) is 40.9 Å². The van der Waals surface area contributed by atoms with Crippen molar-refractivity contribution in [3.8, 4) is 0 Å². The van der Waals surface area contributed by atoms with Crippen LogP contribution in [0.5, 0.6) is 0 Å². The van der Waals surface area contributed by atoms with Crippen molar-refractivity contribution in [2.45, 2.75) is 19.8 Å². The Balaban J connectivity index is 1.70. The SMILES string of the molecule is Cc1ccc2c(c1)CCCN2CC(=O)Nc1ccc(Cl)c(Cl)c1. The van der Waals surface area contributed by atoms with Gasteiger partial charge in [-0.25, -0.2) is 0 Å². The minimum atomic E-state index is -0.0585. The second-order valence-corrected chi connectivity index (χ2v) is 6.65. The van der Waals surface area contributed by atoms with Crippen molar-refractivity contribution in [3.63, 3.8) is 0 Å². The van der Waals surface area contributed by atoms with Gasteiger partial charge in [0, 0.05) is 17.9 Å². The summed E-state index contributed by atoms with van der Waals surface area (Å²) in [6, 6.07) is 11.5. The summed E-state index contributed by atoms with van der Waals surface area (Å²) in [7, 11) is 0. The van der Waals surface area contributed by atoms with Crippen LogP contribution in [0.15, 0.2) is 36.4 Å². The van der Waals surface area contributed by atoms with Gasteiger partial charge in [-0.05, 0) is 49.6 Å². The van der Waals surface area contributed by atoms with Crippen LogP contribution >= 0.6 is 23.2 Å². The van der Waals surface area contributed by atoms with Crippen LogP contribution in [0.2, 0.25) is 10.0 Å². The number of nitrogens with one attached hydrogen (secondary N) is 1. The van der Waals surface area contributed by atoms with Gasteiger partial charge in [-0.15, -0.1) is 0 Å². The molecule has 2 aromatic rings. The van der Waals surface area contributed by atoms with Gasteiger partial charge < -0.3 is 10.2 Å². The van der Waals surface area contributed by atoms with E-state index < -0.39 is 0 Å². The van der Waals surface area contributed by atoms with Crippen molar-refractivity contribution < 1.29 is 4.79 Å². The lowest BCUT2D eigenvalue weighted by Gasteiger charge is -2.31. The number of hydrogen-bond donors (Lipinski definition) is 1. The van der Waals surface area contributed by atoms with E-state index in [1.54, 1.807) is 18.2 Å². The van der Waals surface area contributed by atoms with E-state index in [0.717, 1.165) is 25.1 Å². The zero-order valence-corrected chi connectivity index (χ0v) is 14.4. The van der Waals surface area contributed by atoms with Crippen molar-refractivity contribution in [2.24, 2.45) is 0 Å². The molecule has 0 aliphatic carbocycles. The average molecular weight is 349 g/mol. The highest BCUT2D eigenvalue weighted by atomic mass is 35.5. The maximum absolute atomic E-state index is 12.3. The number of fused-ring (bicyclic) bond motifs is 1. The Labute approximate surface area is 146 Å². The number of rotatable bonds is 3. The maximum Gasteiger partial charge on any atom is 0.243 e. The Morgan fingerprint density at radius 3 is 2.78 bits per heavy atom. The minimum Gasteiger partial charge on any atom is -0.362 e. The highest BCUT2D eigenvalue weighted by Crippen LogP contribution is 2.28. The highest BCUT2D eigenvalue weighted by molar-refractivity contribution is 6.42. The van der Waals surface area contributed by atoms with Gasteiger partial charge in [0.2, 0.25) is 5.91 Å². The van der Waals surface area contributed by atoms with E-state index in [1.807, 2.05) is 0 Å². The lowest BCUT2D eigenvalue weighted by molar-refractivity contribution is -0.115. The van der Waals surface area contributed by atoms with Gasteiger partial charge in [0.15, 0.2) is 0 Å². The first-order valence-electron chi connectivity index (χ1n) is 7.62. The molecule has 0 atom stereocenters. The van der Waals surface area contributed by atoms with Gasteiger partial charge in [0.1, 0.15) is 0 Å². The molecule has 5 heteroatoms. The second-order valence-electron chi connectivity index (χ2n) is 5.83. The van der Waals surface area contributed by atoms with E-state index in [1.165, 1.54) is 11.1 Å². The Bertz CT molecular complexity index is 746. The molecule has 3 nitrogen and oxygen atoms in total. The molecule has 1 aliphatic rings. The predicted octanol–water partition coefficient (Wildman–Crippen LogP) is 4.69. The highest BCUT2D eigenvalue weighted by Gasteiger charge is 2.19. The van der Waals surface area contributed by atoms with E-state index in [-0.39, 0.29) is 5.91 Å². The third kappa shape index (κ3) is 3.80. The van der Waals surface area contributed by atoms with Gasteiger partial charge in [-0.2, -0.15) is 0 Å². The van der Waals surface area contributed by atoms with Gasteiger partial charge in [0.05, 0.1) is 16.6 Å². The van der Waals surface area contributed by atoms with Crippen molar-refractivity contribution in [1.29, 1.82) is 0 Å². The van der Waals surface area contributed by atoms with Crippen molar-refractivity contribution in [2.75, 3.05) is 23.3 Å². The largest absolute Gasteiger partial charge is 0.362 e. The number of amides is 1. The Hall–Kier alpha value is -1.71. The first-order chi connectivity index (χ1) is 11.0. The quantitative estimate of drug-likeness (QED) is 0.872. The van der Waals surface area contributed by atoms with Gasteiger partial charge in [0.25, 0.3) is 0 Å². The van der Waals surface area contributed by atoms with Crippen molar-refractivity contribution in [3.05, 3.63) is 57.6 Å². The minimum absolute atomic E-state index is 0.0585. The summed E-state index contributed by atoms with van der Waals surface area (Å²) in [6.45, 7) is 3.32. The van der Waals surface area contributed by atoms with Crippen LogP contribution in [-0.4, -0.2) is 19.0 Å². The molecular weight excluding hydrogens is 331 g/mol. The zero-order valence-electron chi connectivity index (χ0n) is 12.9. The van der Waals surface area contributed by atoms with E-state index >= 15 is 0 Å². The number of aryl methyl sites for hydroxylation is 2. The van der Waals surface area contributed by atoms with E-state index in [2.05, 4.69) is 35.3 Å². The van der Waals surface area contributed by atoms with Crippen molar-refractivity contribution in [1.82, 2.24) is 0 Å². The molecule has 3 rings (SSSR count). The monoisotopic (exact) mass is 348 g/mol. The Morgan fingerprint density at radius 1 is 1.17 bits per heavy atom. The van der Waals surface area contributed by atoms with Crippen LogP contribution in [0, 0.1) is 6.92 Å². The molecule has 0 fully saturated rings. The fourth-order valence-corrected chi connectivity index (χ4v) is 3.21. The van der Waals surface area contributed by atoms with Gasteiger partial charge >= 0.3 is 0 Å². The number of halogens is 2. The molecule has 120 valence electrons. The normalized spacial score (nSPS) is 13.6. The number of anilines is 2. The molecule has 0 saturated carbocycles. The summed E-state index contributed by atoms with van der Waals surface area (Å²) in [4.78, 5) is 14.5. The number of nitrogens with zero attached hydrogens (tertiary/aromatic N) is 1. The molecule has 23 heavy (non-hydrogen) atoms. The molecule has 1 aliphatic heterocycles. The molecule has 1 amide bonds. The topological polar surface area (TPSA) is 32.3 Å². The summed E-state index contributed by atoms with van der Waals surface area (Å²) in [5, 5.41) is 3.79. The smallest absolute Gasteiger partial charge is 0.243 e. The summed E-state index contributed by atoms with van der Waals surface area (Å²) in [5.41, 5.74) is 4.39. The van der Waals surface area contributed by atoms with Crippen LogP contribution in [-0.2, 0) is 11.2 Å². The lowest BCUT2D eigenvalue weighted by Crippen LogP contribution is -2.36. The third-order valence-corrected chi connectivity index (χ3v) is 4.73. The molecule has 1 N–H and O–H groups in total. The third-order valence-electron chi connectivity index (χ3n) is 3.99. The summed E-state index contributed by atoms with van der Waals surface area (Å²) >= 11 is 11.9. The van der Waals surface area contributed by atoms with Crippen LogP contribution in [0.25, 0.3) is 0 Å². The average Bonchev–Trinajstić information content (AvgIpc) is 2.51. The molecule has 0 bridgehead atoms. The molecule has 0 saturated heterocycles. The number of carbonyl (C=O) groups is 1. The zero-order chi connectivity index (χ0) is 16.4. The Kier molecular flexibility index (Phi) is 4.79. The van der Waals surface area contributed by atoms with Crippen LogP contribution < -0.4 is 10.2 Å². The molecular formula is C18H18Cl2N2O. The van der Waals surface area contributed by atoms with Crippen LogP contribution in [0.3, 0.4) is 0 Å². The summed E-state index contributed by atoms with van der Waals surface area (Å²) < 4.78 is 0. The molecule has 2 aromatic carbocycles. The maximum atomic E-state index is 12.3. The van der Waals surface area contributed by atoms with Gasteiger partial charge in [-0.3, -0.25) is 4.79 Å². The standard InChI is InChI=1S/C18H18Cl2N2O/c1-12-4-7-17-13(9-12)3-2-8-22(17)11-18(23)21-14-5-6-15(19)16(20)10-14/h4-7,9-10H,2-3,8,11H2,1H3,(H,21,23). The lowest BCUT2D eigenvalue weighted by atomic mass is 9.99. The van der Waals surface area contributed by atoms with E-state index in [0.29, 0.717) is 22.3 Å². The number of benzene rings is 2. The number of carbonyl (C=O) groups excluding carboxylic acids is 1. The molecule has 0 spiro atoms. The first-order valence-corrected chi connectivity index (χ1v) is 8.38. The summed E-state index contributed by atoms with van der Waals surface area (Å²) in [5.74, 6) is -0.0585. The first kappa shape index (κ1) is 16.2. The van der Waals surface area contributed by atoms with Crippen molar-refractivity contribution >= 4 is 40.5 Å². The van der Waals surface area contributed by atoms with E-state index in [4.69, 9.17) is 23.2 Å². The Morgan fingerprint density at radius 2 is 2.00 bits per heavy atom. The fourth-order valence-electron chi connectivity index (χ4n) is 2.92. The van der Waals surface area contributed by atoms with Crippen LogP contribution in [0.4, 0.5) is 11.4 Å². The van der Waals surface area contributed by atoms with Crippen LogP contribution in [0.1, 0.15) is 17.5 Å². The van der Waals surface area contributed by atoms with E-state index in [9.17, 15) is 4.79 Å². The predicted molar refractivity (Wildman–Crippen MR) is 96.8 cm³/mol. The fraction of sp³-hybridized carbons (Fsp3) is 0.278. The second kappa shape index (κ2) is 6.81. The molecule has 0 radical (unpaired) electrons. The summed E-state index contributed by atoms with van der Waals surface area (Å²) in [6.07, 6.45) is 2.14. The molecule has 0 unspecified atom stereocenters. The molecule has 0 aromatic heterocycles. The molecule has 1 heterocycles.